The highest BCUT2D eigenvalue weighted by Gasteiger charge is 2.12. The standard InChI is InChI=1S/C11H20N4S/c1-4-10(8-16-3)15(2)7-9-5-14-11(12)6-13-9/h5-6,10H,4,7-8H2,1-3H3,(H2,12,14). The zero-order chi connectivity index (χ0) is 12.0. The summed E-state index contributed by atoms with van der Waals surface area (Å²) in [6.07, 6.45) is 6.65. The van der Waals surface area contributed by atoms with Gasteiger partial charge < -0.3 is 5.73 Å². The first-order valence-corrected chi connectivity index (χ1v) is 6.82. The first kappa shape index (κ1) is 13.3. The minimum atomic E-state index is 0.475. The Kier molecular flexibility index (Phi) is 5.55. The van der Waals surface area contributed by atoms with E-state index in [1.807, 2.05) is 11.8 Å². The Bertz CT molecular complexity index is 301. The van der Waals surface area contributed by atoms with Gasteiger partial charge in [0.05, 0.1) is 18.1 Å². The van der Waals surface area contributed by atoms with Crippen LogP contribution in [0.25, 0.3) is 0 Å². The van der Waals surface area contributed by atoms with Gasteiger partial charge in [0.1, 0.15) is 5.82 Å². The maximum atomic E-state index is 5.50. The molecule has 4 nitrogen and oxygen atoms in total. The van der Waals surface area contributed by atoms with Crippen molar-refractivity contribution in [1.82, 2.24) is 14.9 Å². The van der Waals surface area contributed by atoms with E-state index in [0.29, 0.717) is 11.9 Å². The van der Waals surface area contributed by atoms with Crippen LogP contribution in [-0.2, 0) is 6.54 Å². The van der Waals surface area contributed by atoms with E-state index in [1.165, 1.54) is 0 Å². The Hall–Kier alpha value is -0.810. The summed E-state index contributed by atoms with van der Waals surface area (Å²) in [5, 5.41) is 0. The largest absolute Gasteiger partial charge is 0.382 e. The number of thioether (sulfide) groups is 1. The van der Waals surface area contributed by atoms with Gasteiger partial charge in [0.2, 0.25) is 0 Å². The molecule has 2 N–H and O–H groups in total. The van der Waals surface area contributed by atoms with Crippen LogP contribution in [0.5, 0.6) is 0 Å². The second-order valence-corrected chi connectivity index (χ2v) is 4.78. The molecule has 0 aliphatic rings. The lowest BCUT2D eigenvalue weighted by molar-refractivity contribution is 0.245. The van der Waals surface area contributed by atoms with E-state index in [-0.39, 0.29) is 0 Å². The fourth-order valence-corrected chi connectivity index (χ4v) is 2.46. The molecule has 1 aromatic rings. The second-order valence-electron chi connectivity index (χ2n) is 3.87. The van der Waals surface area contributed by atoms with Crippen LogP contribution < -0.4 is 5.73 Å². The zero-order valence-electron chi connectivity index (χ0n) is 10.2. The predicted molar refractivity (Wildman–Crippen MR) is 70.4 cm³/mol. The number of nitrogens with two attached hydrogens (primary N) is 1. The van der Waals surface area contributed by atoms with Crippen LogP contribution in [0.2, 0.25) is 0 Å². The summed E-state index contributed by atoms with van der Waals surface area (Å²) >= 11 is 1.88. The molecule has 1 atom stereocenters. The smallest absolute Gasteiger partial charge is 0.141 e. The van der Waals surface area contributed by atoms with E-state index >= 15 is 0 Å². The number of hydrogen-bond acceptors (Lipinski definition) is 5. The van der Waals surface area contributed by atoms with Gasteiger partial charge in [-0.1, -0.05) is 6.92 Å². The van der Waals surface area contributed by atoms with Gasteiger partial charge in [-0.2, -0.15) is 11.8 Å². The summed E-state index contributed by atoms with van der Waals surface area (Å²) in [7, 11) is 2.13. The Balaban J connectivity index is 2.55. The normalized spacial score (nSPS) is 13.0. The highest BCUT2D eigenvalue weighted by Crippen LogP contribution is 2.11. The van der Waals surface area contributed by atoms with Crippen LogP contribution in [-0.4, -0.2) is 40.0 Å². The van der Waals surface area contributed by atoms with E-state index in [9.17, 15) is 0 Å². The predicted octanol–water partition coefficient (Wildman–Crippen LogP) is 1.63. The fraction of sp³-hybridized carbons (Fsp3) is 0.636. The monoisotopic (exact) mass is 240 g/mol. The van der Waals surface area contributed by atoms with Gasteiger partial charge in [-0.05, 0) is 19.7 Å². The van der Waals surface area contributed by atoms with Crippen molar-refractivity contribution < 1.29 is 0 Å². The van der Waals surface area contributed by atoms with Gasteiger partial charge in [0.15, 0.2) is 0 Å². The maximum Gasteiger partial charge on any atom is 0.141 e. The Morgan fingerprint density at radius 1 is 1.44 bits per heavy atom. The van der Waals surface area contributed by atoms with Crippen molar-refractivity contribution in [3.05, 3.63) is 18.1 Å². The summed E-state index contributed by atoms with van der Waals surface area (Å²) in [6, 6.07) is 0.592. The van der Waals surface area contributed by atoms with E-state index in [4.69, 9.17) is 5.73 Å². The van der Waals surface area contributed by atoms with E-state index in [1.54, 1.807) is 12.4 Å². The molecule has 0 bridgehead atoms. The second kappa shape index (κ2) is 6.70. The van der Waals surface area contributed by atoms with Crippen LogP contribution in [0.3, 0.4) is 0 Å². The lowest BCUT2D eigenvalue weighted by Gasteiger charge is -2.25. The lowest BCUT2D eigenvalue weighted by Crippen LogP contribution is -2.33. The maximum absolute atomic E-state index is 5.50. The average Bonchev–Trinajstić information content (AvgIpc) is 2.29. The van der Waals surface area contributed by atoms with Crippen molar-refractivity contribution >= 4 is 17.6 Å². The number of nitrogens with zero attached hydrogens (tertiary/aromatic N) is 3. The Morgan fingerprint density at radius 3 is 2.69 bits per heavy atom. The molecule has 1 aromatic heterocycles. The molecule has 1 heterocycles. The average molecular weight is 240 g/mol. The third-order valence-corrected chi connectivity index (χ3v) is 3.31. The summed E-state index contributed by atoms with van der Waals surface area (Å²) in [6.45, 7) is 3.04. The molecule has 16 heavy (non-hydrogen) atoms. The van der Waals surface area contributed by atoms with E-state index < -0.39 is 0 Å². The molecule has 0 aromatic carbocycles. The number of aromatic nitrogens is 2. The number of hydrogen-bond donors (Lipinski definition) is 1. The van der Waals surface area contributed by atoms with Gasteiger partial charge in [0, 0.05) is 18.3 Å². The molecular weight excluding hydrogens is 220 g/mol. The topological polar surface area (TPSA) is 55.0 Å². The molecule has 0 amide bonds. The molecule has 5 heteroatoms. The highest BCUT2D eigenvalue weighted by molar-refractivity contribution is 7.98. The number of nitrogen functional groups attached to an aromatic ring is 1. The van der Waals surface area contributed by atoms with Gasteiger partial charge in [0.25, 0.3) is 0 Å². The lowest BCUT2D eigenvalue weighted by atomic mass is 10.2. The Morgan fingerprint density at radius 2 is 2.19 bits per heavy atom. The van der Waals surface area contributed by atoms with Crippen molar-refractivity contribution in [2.45, 2.75) is 25.9 Å². The van der Waals surface area contributed by atoms with E-state index in [0.717, 1.165) is 24.4 Å². The molecule has 0 aliphatic heterocycles. The fourth-order valence-electron chi connectivity index (χ4n) is 1.58. The third kappa shape index (κ3) is 3.98. The molecule has 0 spiro atoms. The summed E-state index contributed by atoms with van der Waals surface area (Å²) < 4.78 is 0. The van der Waals surface area contributed by atoms with Crippen molar-refractivity contribution in [1.29, 1.82) is 0 Å². The molecule has 90 valence electrons. The molecule has 1 rings (SSSR count). The molecule has 1 unspecified atom stereocenters. The van der Waals surface area contributed by atoms with Crippen LogP contribution in [0.1, 0.15) is 19.0 Å². The summed E-state index contributed by atoms with van der Waals surface area (Å²) in [5.41, 5.74) is 6.47. The quantitative estimate of drug-likeness (QED) is 0.819. The number of anilines is 1. The summed E-state index contributed by atoms with van der Waals surface area (Å²) in [4.78, 5) is 10.6. The molecule has 0 fully saturated rings. The first-order chi connectivity index (χ1) is 7.67. The molecule has 0 aliphatic carbocycles. The molecule has 0 radical (unpaired) electrons. The number of rotatable bonds is 6. The SMILES string of the molecule is CCC(CSC)N(C)Cc1cnc(N)cn1. The van der Waals surface area contributed by atoms with Crippen molar-refractivity contribution in [3.63, 3.8) is 0 Å². The minimum absolute atomic E-state index is 0.475. The third-order valence-electron chi connectivity index (χ3n) is 2.59. The summed E-state index contributed by atoms with van der Waals surface area (Å²) in [5.74, 6) is 1.62. The van der Waals surface area contributed by atoms with Gasteiger partial charge in [-0.15, -0.1) is 0 Å². The zero-order valence-corrected chi connectivity index (χ0v) is 11.0. The van der Waals surface area contributed by atoms with Gasteiger partial charge in [-0.3, -0.25) is 9.88 Å². The van der Waals surface area contributed by atoms with Gasteiger partial charge in [-0.25, -0.2) is 4.98 Å². The minimum Gasteiger partial charge on any atom is -0.382 e. The van der Waals surface area contributed by atoms with Crippen LogP contribution in [0.4, 0.5) is 5.82 Å². The van der Waals surface area contributed by atoms with Crippen molar-refractivity contribution in [2.75, 3.05) is 24.8 Å². The molecular formula is C11H20N4S. The molecule has 0 saturated heterocycles. The van der Waals surface area contributed by atoms with Crippen molar-refractivity contribution in [3.8, 4) is 0 Å². The van der Waals surface area contributed by atoms with Crippen LogP contribution in [0.15, 0.2) is 12.4 Å². The molecule has 0 saturated carbocycles. The van der Waals surface area contributed by atoms with Gasteiger partial charge >= 0.3 is 0 Å². The van der Waals surface area contributed by atoms with Crippen LogP contribution in [0, 0.1) is 0 Å². The Labute approximate surface area is 102 Å². The van der Waals surface area contributed by atoms with Crippen molar-refractivity contribution in [2.24, 2.45) is 0 Å². The highest BCUT2D eigenvalue weighted by atomic mass is 32.2. The first-order valence-electron chi connectivity index (χ1n) is 5.43. The van der Waals surface area contributed by atoms with Crippen LogP contribution >= 0.6 is 11.8 Å². The van der Waals surface area contributed by atoms with E-state index in [2.05, 4.69) is 35.1 Å².